The van der Waals surface area contributed by atoms with Crippen molar-refractivity contribution in [2.75, 3.05) is 26.2 Å². The molecule has 1 aromatic rings. The average molecular weight is 232 g/mol. The number of ether oxygens (including phenoxy) is 1. The van der Waals surface area contributed by atoms with Gasteiger partial charge in [0.05, 0.1) is 0 Å². The van der Waals surface area contributed by atoms with E-state index in [0.29, 0.717) is 12.2 Å². The van der Waals surface area contributed by atoms with Crippen molar-refractivity contribution in [3.8, 4) is 5.75 Å². The van der Waals surface area contributed by atoms with Gasteiger partial charge < -0.3 is 4.74 Å². The van der Waals surface area contributed by atoms with E-state index in [0.717, 1.165) is 12.3 Å². The Morgan fingerprint density at radius 2 is 2.06 bits per heavy atom. The van der Waals surface area contributed by atoms with Crippen molar-refractivity contribution in [3.05, 3.63) is 29.8 Å². The summed E-state index contributed by atoms with van der Waals surface area (Å²) in [6.45, 7) is 4.02. The Morgan fingerprint density at radius 1 is 1.24 bits per heavy atom. The van der Waals surface area contributed by atoms with Crippen LogP contribution < -0.4 is 4.74 Å². The molecule has 91 valence electrons. The molecule has 1 aliphatic heterocycles. The van der Waals surface area contributed by atoms with E-state index in [-0.39, 0.29) is 0 Å². The van der Waals surface area contributed by atoms with Crippen LogP contribution in [0.2, 0.25) is 0 Å². The number of nitrogens with zero attached hydrogens (tertiary/aromatic N) is 1. The summed E-state index contributed by atoms with van der Waals surface area (Å²) in [7, 11) is 0. The topological polar surface area (TPSA) is 29.5 Å². The third kappa shape index (κ3) is 3.86. The lowest BCUT2D eigenvalue weighted by Crippen LogP contribution is -2.33. The molecule has 17 heavy (non-hydrogen) atoms. The molecule has 0 N–H and O–H groups in total. The molecule has 3 heteroatoms. The van der Waals surface area contributed by atoms with Crippen molar-refractivity contribution in [1.82, 2.24) is 4.90 Å². The van der Waals surface area contributed by atoms with Crippen LogP contribution in [0.5, 0.6) is 5.75 Å². The average Bonchev–Trinajstić information content (AvgIpc) is 2.40. The monoisotopic (exact) mass is 232 g/mol. The van der Waals surface area contributed by atoms with Gasteiger partial charge in [-0.15, -0.1) is 0 Å². The van der Waals surface area contributed by atoms with E-state index in [4.69, 9.17) is 4.74 Å². The zero-order chi connectivity index (χ0) is 11.9. The number of hydrogen-bond acceptors (Lipinski definition) is 3. The summed E-state index contributed by atoms with van der Waals surface area (Å²) in [4.78, 5) is 12.9. The number of rotatable bonds is 5. The van der Waals surface area contributed by atoms with Crippen LogP contribution in [0.3, 0.4) is 0 Å². The lowest BCUT2D eigenvalue weighted by atomic mass is 10.1. The zero-order valence-electron chi connectivity index (χ0n) is 10.0. The van der Waals surface area contributed by atoms with Gasteiger partial charge in [0.25, 0.3) is 0 Å². The minimum Gasteiger partial charge on any atom is -0.492 e. The van der Waals surface area contributed by atoms with E-state index in [9.17, 15) is 4.79 Å². The number of carbonyl (C=O) groups excluding carboxylic acids is 1. The molecule has 1 heterocycles. The maximum absolute atomic E-state index is 10.5. The predicted molar refractivity (Wildman–Crippen MR) is 67.0 cm³/mol. The Bertz CT molecular complexity index is 359. The molecule has 1 aliphatic rings. The Balaban J connectivity index is 1.75. The van der Waals surface area contributed by atoms with Gasteiger partial charge in [-0.1, -0.05) is 18.6 Å². The highest BCUT2D eigenvalue weighted by Crippen LogP contribution is 2.12. The first kappa shape index (κ1) is 12.1. The van der Waals surface area contributed by atoms with Gasteiger partial charge in [0.1, 0.15) is 12.4 Å². The first-order valence-electron chi connectivity index (χ1n) is 6.22. The summed E-state index contributed by atoms with van der Waals surface area (Å²) in [5.41, 5.74) is 0.542. The number of likely N-dealkylation sites (tertiary alicyclic amines) is 1. The highest BCUT2D eigenvalue weighted by atomic mass is 16.5. The summed E-state index contributed by atoms with van der Waals surface area (Å²) >= 11 is 0. The Kier molecular flexibility index (Phi) is 4.56. The molecule has 1 radical (unpaired) electrons. The molecule has 0 unspecified atom stereocenters. The molecular formula is C14H18NO2. The first-order chi connectivity index (χ1) is 8.38. The zero-order valence-corrected chi connectivity index (χ0v) is 10.0. The SMILES string of the molecule is O=[C]c1cccc(OCCN2CCCCC2)c1. The Morgan fingerprint density at radius 3 is 2.82 bits per heavy atom. The molecule has 0 atom stereocenters. The molecule has 0 saturated carbocycles. The molecule has 1 saturated heterocycles. The van der Waals surface area contributed by atoms with Gasteiger partial charge in [0.2, 0.25) is 6.29 Å². The molecule has 0 bridgehead atoms. The third-order valence-electron chi connectivity index (χ3n) is 3.08. The maximum Gasteiger partial charge on any atom is 0.233 e. The molecule has 2 rings (SSSR count). The fraction of sp³-hybridized carbons (Fsp3) is 0.500. The fourth-order valence-corrected chi connectivity index (χ4v) is 2.12. The van der Waals surface area contributed by atoms with Crippen molar-refractivity contribution >= 4 is 6.29 Å². The quantitative estimate of drug-likeness (QED) is 0.777. The summed E-state index contributed by atoms with van der Waals surface area (Å²) in [6.07, 6.45) is 5.82. The van der Waals surface area contributed by atoms with Gasteiger partial charge in [0, 0.05) is 12.1 Å². The lowest BCUT2D eigenvalue weighted by Gasteiger charge is -2.26. The number of hydrogen-bond donors (Lipinski definition) is 0. The van der Waals surface area contributed by atoms with Crippen LogP contribution in [0.4, 0.5) is 0 Å². The van der Waals surface area contributed by atoms with Crippen molar-refractivity contribution in [2.24, 2.45) is 0 Å². The fourth-order valence-electron chi connectivity index (χ4n) is 2.12. The van der Waals surface area contributed by atoms with E-state index in [1.165, 1.54) is 32.4 Å². The summed E-state index contributed by atoms with van der Waals surface area (Å²) in [5, 5.41) is 0. The van der Waals surface area contributed by atoms with E-state index < -0.39 is 0 Å². The van der Waals surface area contributed by atoms with E-state index in [2.05, 4.69) is 4.90 Å². The standard InChI is InChI=1S/C14H18NO2/c16-12-13-5-4-6-14(11-13)17-10-9-15-7-2-1-3-8-15/h4-6,11H,1-3,7-10H2. The van der Waals surface area contributed by atoms with Crippen LogP contribution >= 0.6 is 0 Å². The normalized spacial score (nSPS) is 16.7. The van der Waals surface area contributed by atoms with Gasteiger partial charge in [-0.2, -0.15) is 0 Å². The van der Waals surface area contributed by atoms with Crippen LogP contribution in [0.1, 0.15) is 24.8 Å². The van der Waals surface area contributed by atoms with Crippen molar-refractivity contribution in [2.45, 2.75) is 19.3 Å². The van der Waals surface area contributed by atoms with Crippen molar-refractivity contribution in [1.29, 1.82) is 0 Å². The highest BCUT2D eigenvalue weighted by molar-refractivity contribution is 5.75. The minimum atomic E-state index is 0.542. The third-order valence-corrected chi connectivity index (χ3v) is 3.08. The van der Waals surface area contributed by atoms with Crippen LogP contribution in [0, 0.1) is 0 Å². The molecule has 1 aromatic carbocycles. The van der Waals surface area contributed by atoms with E-state index in [1.807, 2.05) is 18.4 Å². The largest absolute Gasteiger partial charge is 0.492 e. The molecule has 0 aliphatic carbocycles. The van der Waals surface area contributed by atoms with Gasteiger partial charge in [-0.3, -0.25) is 9.69 Å². The lowest BCUT2D eigenvalue weighted by molar-refractivity contribution is 0.183. The molecule has 0 spiro atoms. The van der Waals surface area contributed by atoms with Gasteiger partial charge >= 0.3 is 0 Å². The number of benzene rings is 1. The van der Waals surface area contributed by atoms with E-state index in [1.54, 1.807) is 12.1 Å². The summed E-state index contributed by atoms with van der Waals surface area (Å²) in [6, 6.07) is 7.14. The van der Waals surface area contributed by atoms with Crippen LogP contribution in [-0.4, -0.2) is 37.4 Å². The molecule has 0 amide bonds. The van der Waals surface area contributed by atoms with Gasteiger partial charge in [0.15, 0.2) is 0 Å². The number of piperidine rings is 1. The molecular weight excluding hydrogens is 214 g/mol. The van der Waals surface area contributed by atoms with Crippen molar-refractivity contribution < 1.29 is 9.53 Å². The minimum absolute atomic E-state index is 0.542. The Labute approximate surface area is 102 Å². The first-order valence-corrected chi connectivity index (χ1v) is 6.22. The summed E-state index contributed by atoms with van der Waals surface area (Å²) in [5.74, 6) is 0.753. The van der Waals surface area contributed by atoms with Crippen LogP contribution in [0.15, 0.2) is 24.3 Å². The second kappa shape index (κ2) is 6.40. The predicted octanol–water partition coefficient (Wildman–Crippen LogP) is 2.01. The highest BCUT2D eigenvalue weighted by Gasteiger charge is 2.09. The second-order valence-corrected chi connectivity index (χ2v) is 4.38. The summed E-state index contributed by atoms with van der Waals surface area (Å²) < 4.78 is 5.63. The molecule has 1 fully saturated rings. The van der Waals surface area contributed by atoms with Crippen molar-refractivity contribution in [3.63, 3.8) is 0 Å². The van der Waals surface area contributed by atoms with Gasteiger partial charge in [-0.25, -0.2) is 0 Å². The Hall–Kier alpha value is -1.35. The van der Waals surface area contributed by atoms with E-state index >= 15 is 0 Å². The second-order valence-electron chi connectivity index (χ2n) is 4.38. The van der Waals surface area contributed by atoms with Crippen LogP contribution in [0.25, 0.3) is 0 Å². The maximum atomic E-state index is 10.5. The van der Waals surface area contributed by atoms with Gasteiger partial charge in [-0.05, 0) is 38.1 Å². The smallest absolute Gasteiger partial charge is 0.233 e. The molecule has 0 aromatic heterocycles. The van der Waals surface area contributed by atoms with Crippen LogP contribution in [-0.2, 0) is 4.79 Å². The molecule has 3 nitrogen and oxygen atoms in total.